The molecule has 0 aromatic heterocycles. The third-order valence-corrected chi connectivity index (χ3v) is 4.79. The molecular weight excluding hydrogens is 360 g/mol. The average molecular weight is 382 g/mol. The quantitative estimate of drug-likeness (QED) is 0.798. The fraction of sp³-hybridized carbons (Fsp3) is 0.333. The smallest absolute Gasteiger partial charge is 0.257 e. The second-order valence-electron chi connectivity index (χ2n) is 6.79. The zero-order valence-corrected chi connectivity index (χ0v) is 15.4. The van der Waals surface area contributed by atoms with Gasteiger partial charge >= 0.3 is 0 Å². The second-order valence-corrected chi connectivity index (χ2v) is 6.79. The van der Waals surface area contributed by atoms with Crippen LogP contribution < -0.4 is 20.1 Å². The molecule has 2 aromatic rings. The third-order valence-electron chi connectivity index (χ3n) is 4.79. The zero-order valence-electron chi connectivity index (χ0n) is 15.4. The molecule has 28 heavy (non-hydrogen) atoms. The van der Waals surface area contributed by atoms with Gasteiger partial charge < -0.3 is 24.8 Å². The largest absolute Gasteiger partial charge is 0.454 e. The number of anilines is 2. The number of nitrogens with one attached hydrogen (secondary N) is 2. The maximum absolute atomic E-state index is 12.7. The van der Waals surface area contributed by atoms with E-state index in [-0.39, 0.29) is 24.7 Å². The maximum Gasteiger partial charge on any atom is 0.257 e. The van der Waals surface area contributed by atoms with Crippen LogP contribution in [0.15, 0.2) is 42.5 Å². The van der Waals surface area contributed by atoms with Crippen LogP contribution in [0.1, 0.15) is 36.0 Å². The third kappa shape index (κ3) is 4.26. The van der Waals surface area contributed by atoms with Crippen molar-refractivity contribution in [2.75, 3.05) is 24.0 Å². The molecule has 0 unspecified atom stereocenters. The molecule has 146 valence electrons. The number of hydrogen-bond donors (Lipinski definition) is 2. The van der Waals surface area contributed by atoms with Crippen molar-refractivity contribution in [2.45, 2.75) is 31.8 Å². The first-order chi connectivity index (χ1) is 13.7. The van der Waals surface area contributed by atoms with Gasteiger partial charge in [0.15, 0.2) is 11.5 Å². The van der Waals surface area contributed by atoms with Crippen molar-refractivity contribution in [1.29, 1.82) is 0 Å². The van der Waals surface area contributed by atoms with Crippen LogP contribution in [0.5, 0.6) is 11.5 Å². The van der Waals surface area contributed by atoms with E-state index in [9.17, 15) is 9.59 Å². The monoisotopic (exact) mass is 382 g/mol. The lowest BCUT2D eigenvalue weighted by molar-refractivity contribution is -0.116. The number of rotatable bonds is 6. The van der Waals surface area contributed by atoms with Gasteiger partial charge in [-0.3, -0.25) is 9.59 Å². The van der Waals surface area contributed by atoms with Crippen LogP contribution in [0.3, 0.4) is 0 Å². The molecule has 1 fully saturated rings. The lowest BCUT2D eigenvalue weighted by Crippen LogP contribution is -2.19. The Labute approximate surface area is 163 Å². The van der Waals surface area contributed by atoms with Gasteiger partial charge in [-0.2, -0.15) is 0 Å². The summed E-state index contributed by atoms with van der Waals surface area (Å²) in [6.07, 6.45) is 3.27. The van der Waals surface area contributed by atoms with Gasteiger partial charge in [-0.15, -0.1) is 0 Å². The number of ether oxygens (including phenoxy) is 3. The van der Waals surface area contributed by atoms with E-state index >= 15 is 0 Å². The van der Waals surface area contributed by atoms with E-state index in [4.69, 9.17) is 14.2 Å². The maximum atomic E-state index is 12.7. The Kier molecular flexibility index (Phi) is 5.43. The van der Waals surface area contributed by atoms with Crippen molar-refractivity contribution in [3.63, 3.8) is 0 Å². The molecule has 2 heterocycles. The van der Waals surface area contributed by atoms with Crippen LogP contribution in [0, 0.1) is 0 Å². The van der Waals surface area contributed by atoms with Crippen LogP contribution in [0.25, 0.3) is 0 Å². The van der Waals surface area contributed by atoms with E-state index in [1.807, 2.05) is 0 Å². The molecule has 2 aliphatic rings. The topological polar surface area (TPSA) is 85.9 Å². The number of carbonyl (C=O) groups is 2. The van der Waals surface area contributed by atoms with Crippen LogP contribution in [0.2, 0.25) is 0 Å². The van der Waals surface area contributed by atoms with Crippen LogP contribution in [-0.2, 0) is 9.53 Å². The van der Waals surface area contributed by atoms with Gasteiger partial charge in [-0.05, 0) is 43.5 Å². The minimum atomic E-state index is -0.311. The molecule has 0 radical (unpaired) electrons. The summed E-state index contributed by atoms with van der Waals surface area (Å²) in [7, 11) is 0. The Balaban J connectivity index is 1.40. The summed E-state index contributed by atoms with van der Waals surface area (Å²) in [5.74, 6) is 0.804. The van der Waals surface area contributed by atoms with E-state index < -0.39 is 0 Å². The standard InChI is InChI=1S/C21H22N2O5/c24-20(10-8-15-4-3-11-26-15)23-17-6-2-1-5-16(17)21(25)22-14-7-9-18-19(12-14)28-13-27-18/h1-2,5-7,9,12,15H,3-4,8,10-11,13H2,(H,22,25)(H,23,24)/t15-/m1/s1. The molecule has 7 heteroatoms. The number of benzene rings is 2. The number of amides is 2. The van der Waals surface area contributed by atoms with Gasteiger partial charge in [-0.25, -0.2) is 0 Å². The molecule has 2 aliphatic heterocycles. The minimum absolute atomic E-state index is 0.126. The lowest BCUT2D eigenvalue weighted by atomic mass is 10.1. The Morgan fingerprint density at radius 1 is 1.04 bits per heavy atom. The Bertz CT molecular complexity index is 877. The lowest BCUT2D eigenvalue weighted by Gasteiger charge is -2.13. The van der Waals surface area contributed by atoms with E-state index in [0.717, 1.165) is 19.4 Å². The molecule has 7 nitrogen and oxygen atoms in total. The fourth-order valence-electron chi connectivity index (χ4n) is 3.34. The molecule has 4 rings (SSSR count). The van der Waals surface area contributed by atoms with Crippen molar-refractivity contribution in [3.8, 4) is 11.5 Å². The van der Waals surface area contributed by atoms with E-state index in [1.165, 1.54) is 0 Å². The van der Waals surface area contributed by atoms with Gasteiger partial charge in [-0.1, -0.05) is 12.1 Å². The molecule has 0 spiro atoms. The Hall–Kier alpha value is -3.06. The first-order valence-electron chi connectivity index (χ1n) is 9.40. The van der Waals surface area contributed by atoms with E-state index in [2.05, 4.69) is 10.6 Å². The predicted molar refractivity (Wildman–Crippen MR) is 104 cm³/mol. The molecular formula is C21H22N2O5. The molecule has 1 atom stereocenters. The number of hydrogen-bond acceptors (Lipinski definition) is 5. The molecule has 2 amide bonds. The van der Waals surface area contributed by atoms with Gasteiger partial charge in [0.1, 0.15) is 0 Å². The highest BCUT2D eigenvalue weighted by Crippen LogP contribution is 2.34. The van der Waals surface area contributed by atoms with Crippen molar-refractivity contribution in [1.82, 2.24) is 0 Å². The molecule has 2 N–H and O–H groups in total. The molecule has 0 bridgehead atoms. The van der Waals surface area contributed by atoms with Crippen molar-refractivity contribution in [2.24, 2.45) is 0 Å². The first kappa shape index (κ1) is 18.3. The highest BCUT2D eigenvalue weighted by Gasteiger charge is 2.19. The molecule has 2 aromatic carbocycles. The van der Waals surface area contributed by atoms with E-state index in [0.29, 0.717) is 41.3 Å². The first-order valence-corrected chi connectivity index (χ1v) is 9.40. The molecule has 1 saturated heterocycles. The van der Waals surface area contributed by atoms with Crippen molar-refractivity contribution in [3.05, 3.63) is 48.0 Å². The number of fused-ring (bicyclic) bond motifs is 1. The van der Waals surface area contributed by atoms with E-state index in [1.54, 1.807) is 42.5 Å². The summed E-state index contributed by atoms with van der Waals surface area (Å²) in [4.78, 5) is 25.0. The fourth-order valence-corrected chi connectivity index (χ4v) is 3.34. The summed E-state index contributed by atoms with van der Waals surface area (Å²) in [5.41, 5.74) is 1.47. The summed E-state index contributed by atoms with van der Waals surface area (Å²) in [6.45, 7) is 0.947. The summed E-state index contributed by atoms with van der Waals surface area (Å²) < 4.78 is 16.2. The molecule has 0 aliphatic carbocycles. The summed E-state index contributed by atoms with van der Waals surface area (Å²) in [5, 5.41) is 5.68. The highest BCUT2D eigenvalue weighted by atomic mass is 16.7. The molecule has 0 saturated carbocycles. The highest BCUT2D eigenvalue weighted by molar-refractivity contribution is 6.10. The average Bonchev–Trinajstić information content (AvgIpc) is 3.38. The van der Waals surface area contributed by atoms with Gasteiger partial charge in [0.05, 0.1) is 17.4 Å². The van der Waals surface area contributed by atoms with Gasteiger partial charge in [0.2, 0.25) is 12.7 Å². The number of carbonyl (C=O) groups excluding carboxylic acids is 2. The Morgan fingerprint density at radius 3 is 2.75 bits per heavy atom. The second kappa shape index (κ2) is 8.31. The minimum Gasteiger partial charge on any atom is -0.454 e. The summed E-state index contributed by atoms with van der Waals surface area (Å²) in [6, 6.07) is 12.1. The SMILES string of the molecule is O=C(CC[C@H]1CCCO1)Nc1ccccc1C(=O)Nc1ccc2c(c1)OCO2. The van der Waals surface area contributed by atoms with Crippen LogP contribution in [-0.4, -0.2) is 31.3 Å². The van der Waals surface area contributed by atoms with Crippen molar-refractivity contribution < 1.29 is 23.8 Å². The normalized spacial score (nSPS) is 17.4. The summed E-state index contributed by atoms with van der Waals surface area (Å²) >= 11 is 0. The van der Waals surface area contributed by atoms with Gasteiger partial charge in [0, 0.05) is 24.8 Å². The van der Waals surface area contributed by atoms with Gasteiger partial charge in [0.25, 0.3) is 5.91 Å². The van der Waals surface area contributed by atoms with Crippen LogP contribution >= 0.6 is 0 Å². The number of para-hydroxylation sites is 1. The van der Waals surface area contributed by atoms with Crippen molar-refractivity contribution >= 4 is 23.2 Å². The van der Waals surface area contributed by atoms with Crippen LogP contribution in [0.4, 0.5) is 11.4 Å². The Morgan fingerprint density at radius 2 is 1.89 bits per heavy atom. The predicted octanol–water partition coefficient (Wildman–Crippen LogP) is 3.57. The zero-order chi connectivity index (χ0) is 19.3.